The summed E-state index contributed by atoms with van der Waals surface area (Å²) in [7, 11) is 0. The number of amides is 3. The second-order valence-electron chi connectivity index (χ2n) is 12.5. The molecule has 2 aliphatic heterocycles. The van der Waals surface area contributed by atoms with E-state index in [1.165, 1.54) is 48.2 Å². The Morgan fingerprint density at radius 1 is 1.00 bits per heavy atom. The summed E-state index contributed by atoms with van der Waals surface area (Å²) in [4.78, 5) is 57.7. The van der Waals surface area contributed by atoms with Gasteiger partial charge in [0.15, 0.2) is 6.61 Å². The summed E-state index contributed by atoms with van der Waals surface area (Å²) in [5.74, 6) is -4.86. The van der Waals surface area contributed by atoms with Crippen molar-refractivity contribution in [3.63, 3.8) is 0 Å². The van der Waals surface area contributed by atoms with E-state index in [9.17, 15) is 36.7 Å². The van der Waals surface area contributed by atoms with Gasteiger partial charge in [-0.25, -0.2) is 9.29 Å². The number of ether oxygens (including phenoxy) is 1. The Bertz CT molecular complexity index is 2090. The van der Waals surface area contributed by atoms with Gasteiger partial charge in [0.1, 0.15) is 11.6 Å². The minimum absolute atomic E-state index is 0.225. The van der Waals surface area contributed by atoms with Crippen LogP contribution in [-0.4, -0.2) is 34.6 Å². The van der Waals surface area contributed by atoms with Crippen LogP contribution >= 0.6 is 39.0 Å². The van der Waals surface area contributed by atoms with Gasteiger partial charge in [0.25, 0.3) is 5.91 Å². The summed E-state index contributed by atoms with van der Waals surface area (Å²) in [5, 5.41) is 3.08. The minimum atomic E-state index is -4.77. The first-order valence-electron chi connectivity index (χ1n) is 15.3. The lowest BCUT2D eigenvalue weighted by atomic mass is 9.68. The number of hydrogen-bond acceptors (Lipinski definition) is 7. The average molecular weight is 775 g/mol. The van der Waals surface area contributed by atoms with E-state index in [4.69, 9.17) is 4.74 Å². The van der Waals surface area contributed by atoms with Gasteiger partial charge < -0.3 is 15.0 Å². The maximum absolute atomic E-state index is 14.1. The number of alkyl halides is 3. The molecule has 49 heavy (non-hydrogen) atoms. The quantitative estimate of drug-likeness (QED) is 0.161. The van der Waals surface area contributed by atoms with E-state index in [0.717, 1.165) is 33.2 Å². The van der Waals surface area contributed by atoms with Crippen molar-refractivity contribution in [2.45, 2.75) is 28.8 Å². The van der Waals surface area contributed by atoms with Crippen molar-refractivity contribution in [2.24, 2.45) is 29.6 Å². The number of carbonyl (C=O) groups excluding carboxylic acids is 3. The fourth-order valence-electron chi connectivity index (χ4n) is 8.28. The van der Waals surface area contributed by atoms with Gasteiger partial charge in [-0.2, -0.15) is 13.2 Å². The van der Waals surface area contributed by atoms with Gasteiger partial charge in [0.05, 0.1) is 28.1 Å². The van der Waals surface area contributed by atoms with Crippen LogP contribution in [0.3, 0.4) is 0 Å². The molecule has 4 aliphatic rings. The number of anilines is 2. The number of aromatic nitrogens is 1. The average Bonchev–Trinajstić information content (AvgIpc) is 3.80. The van der Waals surface area contributed by atoms with E-state index >= 15 is 0 Å². The molecular formula is C34H24BrF4N3O5S2. The van der Waals surface area contributed by atoms with Crippen LogP contribution < -0.4 is 19.8 Å². The van der Waals surface area contributed by atoms with Crippen molar-refractivity contribution in [1.29, 1.82) is 0 Å². The topological polar surface area (TPSA) is 109 Å². The van der Waals surface area contributed by atoms with Crippen LogP contribution in [0.25, 0.3) is 0 Å². The minimum Gasteiger partial charge on any atom is -0.483 e. The summed E-state index contributed by atoms with van der Waals surface area (Å²) >= 11 is 6.02. The number of nitrogens with zero attached hydrogens (tertiary/aromatic N) is 1. The van der Waals surface area contributed by atoms with Gasteiger partial charge in [-0.3, -0.25) is 19.2 Å². The third-order valence-electron chi connectivity index (χ3n) is 9.97. The second kappa shape index (κ2) is 11.8. The number of nitrogens with one attached hydrogen (secondary N) is 2. The Hall–Kier alpha value is -3.95. The number of imide groups is 1. The molecule has 4 unspecified atom stereocenters. The molecule has 3 amide bonds. The van der Waals surface area contributed by atoms with Crippen molar-refractivity contribution in [3.8, 4) is 5.75 Å². The monoisotopic (exact) mass is 773 g/mol. The summed E-state index contributed by atoms with van der Waals surface area (Å²) < 4.78 is 62.1. The van der Waals surface area contributed by atoms with Gasteiger partial charge in [-0.15, -0.1) is 11.8 Å². The molecule has 2 aliphatic carbocycles. The van der Waals surface area contributed by atoms with Crippen molar-refractivity contribution < 1.29 is 36.7 Å². The van der Waals surface area contributed by atoms with Crippen LogP contribution in [-0.2, 0) is 20.6 Å². The number of thioether (sulfide) groups is 1. The molecule has 8 rings (SSSR count). The van der Waals surface area contributed by atoms with Crippen LogP contribution in [0.5, 0.6) is 5.75 Å². The Balaban J connectivity index is 1.15. The Labute approximate surface area is 292 Å². The summed E-state index contributed by atoms with van der Waals surface area (Å²) in [5.41, 5.74) is -0.459. The van der Waals surface area contributed by atoms with E-state index in [-0.39, 0.29) is 34.5 Å². The molecule has 7 atom stereocenters. The van der Waals surface area contributed by atoms with Crippen molar-refractivity contribution in [3.05, 3.63) is 103 Å². The molecule has 0 spiro atoms. The maximum Gasteiger partial charge on any atom is 0.418 e. The summed E-state index contributed by atoms with van der Waals surface area (Å²) in [6.07, 6.45) is -4.24. The number of aromatic amines is 1. The molecular weight excluding hydrogens is 750 g/mol. The fourth-order valence-corrected chi connectivity index (χ4v) is 11.5. The Morgan fingerprint density at radius 3 is 2.45 bits per heavy atom. The fraction of sp³-hybridized carbons (Fsp3) is 0.294. The highest BCUT2D eigenvalue weighted by Crippen LogP contribution is 2.69. The number of hydrogen-bond donors (Lipinski definition) is 2. The molecule has 2 saturated carbocycles. The number of thiazole rings is 1. The molecule has 1 aromatic heterocycles. The van der Waals surface area contributed by atoms with Gasteiger partial charge in [0.2, 0.25) is 11.8 Å². The van der Waals surface area contributed by atoms with Gasteiger partial charge in [-0.1, -0.05) is 39.4 Å². The highest BCUT2D eigenvalue weighted by atomic mass is 79.9. The van der Waals surface area contributed by atoms with E-state index in [0.29, 0.717) is 32.9 Å². The van der Waals surface area contributed by atoms with Crippen LogP contribution in [0.4, 0.5) is 28.9 Å². The first-order valence-corrected chi connectivity index (χ1v) is 17.8. The smallest absolute Gasteiger partial charge is 0.418 e. The zero-order chi connectivity index (χ0) is 34.4. The van der Waals surface area contributed by atoms with Crippen LogP contribution in [0.2, 0.25) is 0 Å². The molecule has 8 nitrogen and oxygen atoms in total. The molecule has 0 radical (unpaired) electrons. The third-order valence-corrected chi connectivity index (χ3v) is 13.0. The first-order chi connectivity index (χ1) is 23.4. The Kier molecular flexibility index (Phi) is 7.79. The lowest BCUT2D eigenvalue weighted by Gasteiger charge is -2.43. The van der Waals surface area contributed by atoms with E-state index in [1.54, 1.807) is 12.1 Å². The summed E-state index contributed by atoms with van der Waals surface area (Å²) in [6.45, 7) is -0.380. The van der Waals surface area contributed by atoms with E-state index in [1.807, 2.05) is 6.07 Å². The molecule has 4 aromatic rings. The van der Waals surface area contributed by atoms with Crippen molar-refractivity contribution >= 4 is 68.1 Å². The molecule has 15 heteroatoms. The van der Waals surface area contributed by atoms with E-state index < -0.39 is 58.7 Å². The largest absolute Gasteiger partial charge is 0.483 e. The van der Waals surface area contributed by atoms with Crippen molar-refractivity contribution in [1.82, 2.24) is 4.98 Å². The van der Waals surface area contributed by atoms with Crippen LogP contribution in [0.15, 0.2) is 81.0 Å². The summed E-state index contributed by atoms with van der Waals surface area (Å²) in [6, 6.07) is 15.2. The number of carbonyl (C=O) groups is 3. The highest BCUT2D eigenvalue weighted by molar-refractivity contribution is 9.10. The van der Waals surface area contributed by atoms with Crippen LogP contribution in [0, 0.1) is 35.4 Å². The number of rotatable bonds is 6. The van der Waals surface area contributed by atoms with Crippen molar-refractivity contribution in [2.75, 3.05) is 16.8 Å². The SMILES string of the molecule is O=C(COc1ccc(Br)cc1[C@H]1c2sc(=O)[nH]c2SC2C1[C@H]1C[C@@H]2C2C(=O)N(c3ccccc3C(F)(F)F)C(=O)C21)Nc1ccc(F)cc1. The lowest BCUT2D eigenvalue weighted by molar-refractivity contribution is -0.137. The molecule has 2 N–H and O–H groups in total. The molecule has 3 fully saturated rings. The van der Waals surface area contributed by atoms with Gasteiger partial charge >= 0.3 is 11.0 Å². The zero-order valence-corrected chi connectivity index (χ0v) is 28.2. The van der Waals surface area contributed by atoms with Gasteiger partial charge in [0, 0.05) is 31.8 Å². The van der Waals surface area contributed by atoms with Gasteiger partial charge in [-0.05, 0) is 78.8 Å². The molecule has 3 heterocycles. The molecule has 3 aromatic carbocycles. The van der Waals surface area contributed by atoms with E-state index in [2.05, 4.69) is 26.2 Å². The predicted molar refractivity (Wildman–Crippen MR) is 177 cm³/mol. The number of H-pyrrole nitrogens is 1. The standard InChI is InChI=1S/C34H24BrF4N3O5S2/c35-14-5-10-22(47-13-23(43)40-16-8-6-15(36)7-9-16)17(11-14)24-25-18-12-19(28(25)48-30-29(24)49-33(46)41-30)27-26(18)31(44)42(32(27)45)21-4-2-1-3-20(21)34(37,38)39/h1-11,18-19,24-28H,12-13H2,(H,40,43)(H,41,46)/t18-,19-,24-,25?,26?,27?,28?/m1/s1. The molecule has 2 bridgehead atoms. The predicted octanol–water partition coefficient (Wildman–Crippen LogP) is 7.05. The lowest BCUT2D eigenvalue weighted by Crippen LogP contribution is -2.42. The number of benzene rings is 3. The second-order valence-corrected chi connectivity index (χ2v) is 15.6. The highest BCUT2D eigenvalue weighted by Gasteiger charge is 2.70. The number of halogens is 5. The molecule has 1 saturated heterocycles. The normalized spacial score (nSPS) is 26.8. The zero-order valence-electron chi connectivity index (χ0n) is 25.0. The molecule has 252 valence electrons. The maximum atomic E-state index is 14.1. The Morgan fingerprint density at radius 2 is 1.71 bits per heavy atom. The van der Waals surface area contributed by atoms with Crippen LogP contribution in [0.1, 0.15) is 28.3 Å². The number of fused-ring (bicyclic) bond motifs is 9. The third kappa shape index (κ3) is 5.32. The first kappa shape index (κ1) is 32.3. The number of para-hydroxylation sites is 1.